The fraction of sp³-hybridized carbons (Fsp3) is 0.538. The van der Waals surface area contributed by atoms with E-state index in [1.165, 1.54) is 10.4 Å². The fourth-order valence-corrected chi connectivity index (χ4v) is 7.41. The smallest absolute Gasteiger partial charge is 0.263 e. The molecule has 7 nitrogen and oxygen atoms in total. The van der Waals surface area contributed by atoms with Gasteiger partial charge in [0.15, 0.2) is 5.82 Å². The molecular formula is C26H34N4O3S2. The van der Waals surface area contributed by atoms with Crippen LogP contribution in [0, 0.1) is 6.92 Å². The van der Waals surface area contributed by atoms with Gasteiger partial charge < -0.3 is 4.74 Å². The van der Waals surface area contributed by atoms with Crippen molar-refractivity contribution in [2.45, 2.75) is 70.2 Å². The lowest BCUT2D eigenvalue weighted by Gasteiger charge is -2.26. The number of aryl methyl sites for hydroxylation is 3. The van der Waals surface area contributed by atoms with Crippen LogP contribution < -0.4 is 4.72 Å². The van der Waals surface area contributed by atoms with Gasteiger partial charge >= 0.3 is 0 Å². The number of thiophene rings is 1. The van der Waals surface area contributed by atoms with E-state index in [-0.39, 0.29) is 5.41 Å². The Morgan fingerprint density at radius 1 is 1.11 bits per heavy atom. The maximum atomic E-state index is 13.7. The number of benzene rings is 1. The largest absolute Gasteiger partial charge is 0.379 e. The minimum absolute atomic E-state index is 0.155. The normalized spacial score (nSPS) is 17.5. The standard InChI is InChI=1S/C26H34N4O3S2/c1-17-9-10-18(26(2,3)4)15-21(17)35(31,32)29-24-23-19-7-5-6-8-20(19)34-25(23)28-22(27-24)16-30-11-13-33-14-12-30/h9-10,15H,5-8,11-14,16H2,1-4H3,(H,27,28,29). The summed E-state index contributed by atoms with van der Waals surface area (Å²) in [6, 6.07) is 5.70. The lowest BCUT2D eigenvalue weighted by Crippen LogP contribution is -2.36. The SMILES string of the molecule is Cc1ccc(C(C)(C)C)cc1S(=O)(=O)Nc1nc(CN2CCOCC2)nc2sc3c(c12)CCCC3. The molecule has 1 aliphatic heterocycles. The zero-order chi connectivity index (χ0) is 24.8. The van der Waals surface area contributed by atoms with Crippen LogP contribution in [0.5, 0.6) is 0 Å². The summed E-state index contributed by atoms with van der Waals surface area (Å²) in [6.07, 6.45) is 4.23. The Labute approximate surface area is 212 Å². The molecule has 1 N–H and O–H groups in total. The Balaban J connectivity index is 1.58. The quantitative estimate of drug-likeness (QED) is 0.526. The van der Waals surface area contributed by atoms with Gasteiger partial charge in [0.25, 0.3) is 10.0 Å². The molecule has 3 aromatic rings. The van der Waals surface area contributed by atoms with Gasteiger partial charge in [0.05, 0.1) is 30.0 Å². The van der Waals surface area contributed by atoms with Crippen LogP contribution in [0.2, 0.25) is 0 Å². The molecule has 5 rings (SSSR count). The number of ether oxygens (including phenoxy) is 1. The number of rotatable bonds is 5. The fourth-order valence-electron chi connectivity index (χ4n) is 4.84. The van der Waals surface area contributed by atoms with Gasteiger partial charge in [-0.25, -0.2) is 18.4 Å². The number of nitrogens with one attached hydrogen (secondary N) is 1. The minimum Gasteiger partial charge on any atom is -0.379 e. The molecule has 0 bridgehead atoms. The highest BCUT2D eigenvalue weighted by atomic mass is 32.2. The second kappa shape index (κ2) is 9.42. The van der Waals surface area contributed by atoms with E-state index >= 15 is 0 Å². The maximum Gasteiger partial charge on any atom is 0.263 e. The molecule has 1 fully saturated rings. The van der Waals surface area contributed by atoms with Crippen LogP contribution in [0.4, 0.5) is 5.82 Å². The molecule has 1 aliphatic carbocycles. The summed E-state index contributed by atoms with van der Waals surface area (Å²) in [5, 5.41) is 0.878. The van der Waals surface area contributed by atoms with E-state index in [1.54, 1.807) is 17.4 Å². The number of hydrogen-bond acceptors (Lipinski definition) is 7. The molecule has 0 atom stereocenters. The third-order valence-corrected chi connectivity index (χ3v) is 9.57. The maximum absolute atomic E-state index is 13.7. The van der Waals surface area contributed by atoms with Crippen LogP contribution >= 0.6 is 11.3 Å². The van der Waals surface area contributed by atoms with E-state index in [2.05, 4.69) is 30.4 Å². The van der Waals surface area contributed by atoms with Crippen molar-refractivity contribution in [3.8, 4) is 0 Å². The van der Waals surface area contributed by atoms with E-state index in [0.717, 1.165) is 60.1 Å². The second-order valence-electron chi connectivity index (χ2n) is 10.6. The van der Waals surface area contributed by atoms with Crippen LogP contribution in [0.1, 0.15) is 61.0 Å². The predicted octanol–water partition coefficient (Wildman–Crippen LogP) is 4.81. The first kappa shape index (κ1) is 24.6. The van der Waals surface area contributed by atoms with Gasteiger partial charge in [0, 0.05) is 18.0 Å². The second-order valence-corrected chi connectivity index (χ2v) is 13.3. The monoisotopic (exact) mass is 514 g/mol. The summed E-state index contributed by atoms with van der Waals surface area (Å²) in [5.41, 5.74) is 2.76. The first-order valence-corrected chi connectivity index (χ1v) is 14.7. The van der Waals surface area contributed by atoms with Gasteiger partial charge in [-0.3, -0.25) is 9.62 Å². The number of nitrogens with zero attached hydrogens (tertiary/aromatic N) is 3. The van der Waals surface area contributed by atoms with E-state index in [9.17, 15) is 8.42 Å². The molecule has 1 saturated heterocycles. The van der Waals surface area contributed by atoms with Gasteiger partial charge in [0.1, 0.15) is 10.7 Å². The molecule has 3 heterocycles. The third kappa shape index (κ3) is 5.09. The van der Waals surface area contributed by atoms with Crippen molar-refractivity contribution in [3.63, 3.8) is 0 Å². The average molecular weight is 515 g/mol. The zero-order valence-electron chi connectivity index (χ0n) is 21.0. The molecule has 9 heteroatoms. The van der Waals surface area contributed by atoms with Crippen molar-refractivity contribution in [1.29, 1.82) is 0 Å². The van der Waals surface area contributed by atoms with Gasteiger partial charge in [-0.05, 0) is 60.8 Å². The third-order valence-electron chi connectivity index (χ3n) is 6.90. The zero-order valence-corrected chi connectivity index (χ0v) is 22.6. The first-order valence-electron chi connectivity index (χ1n) is 12.4. The van der Waals surface area contributed by atoms with Crippen LogP contribution in [0.15, 0.2) is 23.1 Å². The van der Waals surface area contributed by atoms with Gasteiger partial charge in [-0.1, -0.05) is 32.9 Å². The Hall–Kier alpha value is -2.07. The van der Waals surface area contributed by atoms with Gasteiger partial charge in [-0.15, -0.1) is 11.3 Å². The van der Waals surface area contributed by atoms with Crippen LogP contribution in [-0.4, -0.2) is 49.6 Å². The molecule has 0 saturated carbocycles. The lowest BCUT2D eigenvalue weighted by molar-refractivity contribution is 0.0331. The molecule has 0 amide bonds. The van der Waals surface area contributed by atoms with Crippen molar-refractivity contribution >= 4 is 37.4 Å². The topological polar surface area (TPSA) is 84.4 Å². The number of morpholine rings is 1. The number of sulfonamides is 1. The van der Waals surface area contributed by atoms with E-state index in [0.29, 0.717) is 36.3 Å². The highest BCUT2D eigenvalue weighted by Crippen LogP contribution is 2.39. The molecule has 0 radical (unpaired) electrons. The Morgan fingerprint density at radius 3 is 2.60 bits per heavy atom. The van der Waals surface area contributed by atoms with Crippen molar-refractivity contribution in [2.24, 2.45) is 0 Å². The molecule has 35 heavy (non-hydrogen) atoms. The van der Waals surface area contributed by atoms with Gasteiger partial charge in [-0.2, -0.15) is 0 Å². The number of fused-ring (bicyclic) bond motifs is 3. The Bertz CT molecular complexity index is 1350. The van der Waals surface area contributed by atoms with Crippen molar-refractivity contribution in [2.75, 3.05) is 31.0 Å². The molecule has 0 spiro atoms. The molecule has 0 unspecified atom stereocenters. The summed E-state index contributed by atoms with van der Waals surface area (Å²) < 4.78 is 35.9. The van der Waals surface area contributed by atoms with Crippen molar-refractivity contribution in [3.05, 3.63) is 45.6 Å². The number of hydrogen-bond donors (Lipinski definition) is 1. The van der Waals surface area contributed by atoms with Crippen LogP contribution in [0.25, 0.3) is 10.2 Å². The van der Waals surface area contributed by atoms with E-state index in [4.69, 9.17) is 14.7 Å². The average Bonchev–Trinajstić information content (AvgIpc) is 3.17. The van der Waals surface area contributed by atoms with E-state index in [1.807, 2.05) is 19.1 Å². The lowest BCUT2D eigenvalue weighted by atomic mass is 9.87. The molecular weight excluding hydrogens is 480 g/mol. The first-order chi connectivity index (χ1) is 16.6. The predicted molar refractivity (Wildman–Crippen MR) is 141 cm³/mol. The summed E-state index contributed by atoms with van der Waals surface area (Å²) in [4.78, 5) is 14.5. The Morgan fingerprint density at radius 2 is 1.86 bits per heavy atom. The molecule has 2 aromatic heterocycles. The molecule has 1 aromatic carbocycles. The summed E-state index contributed by atoms with van der Waals surface area (Å²) in [6.45, 7) is 11.7. The highest BCUT2D eigenvalue weighted by molar-refractivity contribution is 7.92. The number of anilines is 1. The van der Waals surface area contributed by atoms with Gasteiger partial charge in [0.2, 0.25) is 0 Å². The highest BCUT2D eigenvalue weighted by Gasteiger charge is 2.27. The minimum atomic E-state index is -3.84. The van der Waals surface area contributed by atoms with Crippen LogP contribution in [-0.2, 0) is 39.6 Å². The van der Waals surface area contributed by atoms with E-state index < -0.39 is 10.0 Å². The molecule has 188 valence electrons. The molecule has 2 aliphatic rings. The summed E-state index contributed by atoms with van der Waals surface area (Å²) in [5.74, 6) is 1.06. The van der Waals surface area contributed by atoms with Crippen LogP contribution in [0.3, 0.4) is 0 Å². The summed E-state index contributed by atoms with van der Waals surface area (Å²) in [7, 11) is -3.84. The Kier molecular flexibility index (Phi) is 6.63. The van der Waals surface area contributed by atoms with Crippen molar-refractivity contribution < 1.29 is 13.2 Å². The summed E-state index contributed by atoms with van der Waals surface area (Å²) >= 11 is 1.69. The van der Waals surface area contributed by atoms with Crippen molar-refractivity contribution in [1.82, 2.24) is 14.9 Å². The number of aromatic nitrogens is 2.